The summed E-state index contributed by atoms with van der Waals surface area (Å²) in [5.41, 5.74) is 3.99. The van der Waals surface area contributed by atoms with Gasteiger partial charge in [-0.15, -0.1) is 0 Å². The van der Waals surface area contributed by atoms with Crippen LogP contribution in [0, 0.1) is 0 Å². The average molecular weight is 415 g/mol. The molecule has 0 radical (unpaired) electrons. The van der Waals surface area contributed by atoms with E-state index in [9.17, 15) is 13.2 Å². The number of fused-ring (bicyclic) bond motifs is 2. The summed E-state index contributed by atoms with van der Waals surface area (Å²) < 4.78 is 29.6. The number of sulfonamides is 1. The molecule has 1 aromatic heterocycles. The summed E-state index contributed by atoms with van der Waals surface area (Å²) in [7, 11) is -3.46. The second-order valence-electron chi connectivity index (χ2n) is 8.25. The van der Waals surface area contributed by atoms with E-state index in [0.29, 0.717) is 30.2 Å². The third-order valence-electron chi connectivity index (χ3n) is 6.44. The van der Waals surface area contributed by atoms with Crippen LogP contribution in [0.4, 0.5) is 0 Å². The molecule has 1 aliphatic carbocycles. The predicted octanol–water partition coefficient (Wildman–Crippen LogP) is 2.07. The number of aromatic nitrogens is 2. The number of hydrogen-bond donors (Lipinski definition) is 1. The number of carbonyl (C=O) groups excluding carboxylic acids is 1. The van der Waals surface area contributed by atoms with Crippen LogP contribution in [-0.2, 0) is 29.4 Å². The van der Waals surface area contributed by atoms with Gasteiger partial charge in [-0.05, 0) is 67.9 Å². The molecule has 2 aromatic rings. The molecule has 0 spiro atoms. The second-order valence-corrected chi connectivity index (χ2v) is 10.2. The van der Waals surface area contributed by atoms with Gasteiger partial charge in [-0.25, -0.2) is 8.42 Å². The number of carbonyl (C=O) groups is 1. The Labute approximate surface area is 171 Å². The van der Waals surface area contributed by atoms with Gasteiger partial charge in [0, 0.05) is 32.1 Å². The van der Waals surface area contributed by atoms with Crippen molar-refractivity contribution in [1.29, 1.82) is 0 Å². The number of nitrogens with zero attached hydrogens (tertiary/aromatic N) is 3. The minimum atomic E-state index is -3.46. The summed E-state index contributed by atoms with van der Waals surface area (Å²) in [5.74, 6) is 0.117. The molecule has 7 nitrogen and oxygen atoms in total. The number of amides is 1. The van der Waals surface area contributed by atoms with Gasteiger partial charge in [0.2, 0.25) is 10.0 Å². The number of aryl methyl sites for hydroxylation is 3. The van der Waals surface area contributed by atoms with Crippen molar-refractivity contribution in [2.24, 2.45) is 0 Å². The van der Waals surface area contributed by atoms with Crippen molar-refractivity contribution in [3.8, 4) is 0 Å². The van der Waals surface area contributed by atoms with Gasteiger partial charge in [0.15, 0.2) is 0 Å². The van der Waals surface area contributed by atoms with Crippen molar-refractivity contribution in [3.05, 3.63) is 46.8 Å². The van der Waals surface area contributed by atoms with Crippen LogP contribution in [0.1, 0.15) is 58.9 Å². The van der Waals surface area contributed by atoms with E-state index in [4.69, 9.17) is 0 Å². The van der Waals surface area contributed by atoms with E-state index >= 15 is 0 Å². The summed E-state index contributed by atoms with van der Waals surface area (Å²) in [5, 5.41) is 7.55. The molecular weight excluding hydrogens is 388 g/mol. The lowest BCUT2D eigenvalue weighted by molar-refractivity contribution is 0.0950. The summed E-state index contributed by atoms with van der Waals surface area (Å²) in [4.78, 5) is 12.6. The zero-order valence-electron chi connectivity index (χ0n) is 16.4. The summed E-state index contributed by atoms with van der Waals surface area (Å²) in [6, 6.07) is 7.49. The number of benzene rings is 1. The highest BCUT2D eigenvalue weighted by Crippen LogP contribution is 2.32. The summed E-state index contributed by atoms with van der Waals surface area (Å²) >= 11 is 0. The minimum Gasteiger partial charge on any atom is -0.351 e. The zero-order chi connectivity index (χ0) is 20.0. The van der Waals surface area contributed by atoms with Gasteiger partial charge >= 0.3 is 0 Å². The zero-order valence-corrected chi connectivity index (χ0v) is 17.2. The van der Waals surface area contributed by atoms with Crippen molar-refractivity contribution in [1.82, 2.24) is 19.4 Å². The first-order valence-electron chi connectivity index (χ1n) is 10.5. The molecule has 1 saturated heterocycles. The van der Waals surface area contributed by atoms with Gasteiger partial charge in [0.25, 0.3) is 5.91 Å². The van der Waals surface area contributed by atoms with E-state index in [1.807, 2.05) is 18.2 Å². The molecule has 1 fully saturated rings. The van der Waals surface area contributed by atoms with Gasteiger partial charge in [-0.1, -0.05) is 6.07 Å². The molecule has 1 amide bonds. The van der Waals surface area contributed by atoms with Crippen molar-refractivity contribution >= 4 is 15.9 Å². The van der Waals surface area contributed by atoms with Gasteiger partial charge in [0.05, 0.1) is 10.6 Å². The first-order valence-corrected chi connectivity index (χ1v) is 11.9. The van der Waals surface area contributed by atoms with Crippen LogP contribution in [0.3, 0.4) is 0 Å². The topological polar surface area (TPSA) is 84.3 Å². The highest BCUT2D eigenvalue weighted by atomic mass is 32.2. The molecule has 8 heteroatoms. The normalized spacial score (nSPS) is 20.8. The first-order chi connectivity index (χ1) is 14.0. The number of piperidine rings is 1. The monoisotopic (exact) mass is 414 g/mol. The Hall–Kier alpha value is -2.19. The van der Waals surface area contributed by atoms with Crippen molar-refractivity contribution in [2.45, 2.75) is 55.9 Å². The largest absolute Gasteiger partial charge is 0.351 e. The van der Waals surface area contributed by atoms with Crippen molar-refractivity contribution < 1.29 is 13.2 Å². The Balaban J connectivity index is 1.30. The summed E-state index contributed by atoms with van der Waals surface area (Å²) in [6.45, 7) is 2.38. The van der Waals surface area contributed by atoms with Gasteiger partial charge in [0.1, 0.15) is 5.69 Å². The fraction of sp³-hybridized carbons (Fsp3) is 0.524. The molecule has 2 aliphatic heterocycles. The van der Waals surface area contributed by atoms with Crippen molar-refractivity contribution in [2.75, 3.05) is 19.6 Å². The van der Waals surface area contributed by atoms with E-state index in [1.165, 1.54) is 11.1 Å². The highest BCUT2D eigenvalue weighted by Gasteiger charge is 2.32. The van der Waals surface area contributed by atoms with Crippen LogP contribution in [0.25, 0.3) is 0 Å². The second kappa shape index (κ2) is 7.25. The number of hydrogen-bond acceptors (Lipinski definition) is 4. The van der Waals surface area contributed by atoms with Gasteiger partial charge in [-0.2, -0.15) is 9.40 Å². The fourth-order valence-electron chi connectivity index (χ4n) is 4.76. The summed E-state index contributed by atoms with van der Waals surface area (Å²) in [6.07, 6.45) is 5.45. The Kier molecular flexibility index (Phi) is 4.70. The highest BCUT2D eigenvalue weighted by molar-refractivity contribution is 7.89. The Morgan fingerprint density at radius 3 is 2.62 bits per heavy atom. The maximum absolute atomic E-state index is 13.1. The quantitative estimate of drug-likeness (QED) is 0.833. The molecule has 1 aromatic carbocycles. The molecule has 5 rings (SSSR count). The van der Waals surface area contributed by atoms with Crippen LogP contribution in [-0.4, -0.2) is 48.0 Å². The maximum atomic E-state index is 13.1. The minimum absolute atomic E-state index is 0.0714. The molecule has 1 N–H and O–H groups in total. The smallest absolute Gasteiger partial charge is 0.269 e. The first kappa shape index (κ1) is 18.8. The van der Waals surface area contributed by atoms with E-state index in [1.54, 1.807) is 15.1 Å². The molecule has 154 valence electrons. The third-order valence-corrected chi connectivity index (χ3v) is 8.34. The Bertz CT molecular complexity index is 1050. The lowest BCUT2D eigenvalue weighted by atomic mass is 9.94. The lowest BCUT2D eigenvalue weighted by Gasteiger charge is -2.30. The molecule has 0 atom stereocenters. The van der Waals surface area contributed by atoms with Crippen LogP contribution in [0.5, 0.6) is 0 Å². The molecule has 3 aliphatic rings. The molecule has 3 heterocycles. The van der Waals surface area contributed by atoms with E-state index in [-0.39, 0.29) is 11.8 Å². The number of nitrogens with one attached hydrogen (secondary N) is 1. The van der Waals surface area contributed by atoms with Crippen molar-refractivity contribution in [3.63, 3.8) is 0 Å². The molecule has 0 unspecified atom stereocenters. The average Bonchev–Trinajstić information content (AvgIpc) is 3.34. The maximum Gasteiger partial charge on any atom is 0.269 e. The van der Waals surface area contributed by atoms with Crippen LogP contribution < -0.4 is 5.32 Å². The standard InChI is InChI=1S/C21H26N4O3S/c26-21-20-14-19(23-25(20)10-2-9-22-21)16-7-11-24(12-8-16)29(27,28)18-6-5-15-3-1-4-17(15)13-18/h5-6,13-14,16H,1-4,7-12H2,(H,22,26). The molecule has 0 saturated carbocycles. The number of rotatable bonds is 3. The van der Waals surface area contributed by atoms with E-state index in [2.05, 4.69) is 10.4 Å². The van der Waals surface area contributed by atoms with Crippen LogP contribution in [0.2, 0.25) is 0 Å². The SMILES string of the molecule is O=C1NCCCn2nc(C3CCN(S(=O)(=O)c4ccc5c(c4)CCC5)CC3)cc21. The lowest BCUT2D eigenvalue weighted by Crippen LogP contribution is -2.38. The van der Waals surface area contributed by atoms with E-state index < -0.39 is 10.0 Å². The van der Waals surface area contributed by atoms with Gasteiger partial charge in [-0.3, -0.25) is 9.48 Å². The molecular formula is C21H26N4O3S. The van der Waals surface area contributed by atoms with Gasteiger partial charge < -0.3 is 5.32 Å². The predicted molar refractivity (Wildman–Crippen MR) is 108 cm³/mol. The Morgan fingerprint density at radius 2 is 1.79 bits per heavy atom. The van der Waals surface area contributed by atoms with Crippen LogP contribution in [0.15, 0.2) is 29.2 Å². The molecule has 0 bridgehead atoms. The third kappa shape index (κ3) is 3.38. The van der Waals surface area contributed by atoms with E-state index in [0.717, 1.165) is 50.8 Å². The van der Waals surface area contributed by atoms with Crippen LogP contribution >= 0.6 is 0 Å². The molecule has 29 heavy (non-hydrogen) atoms. The fourth-order valence-corrected chi connectivity index (χ4v) is 6.28. The Morgan fingerprint density at radius 1 is 1.00 bits per heavy atom.